The summed E-state index contributed by atoms with van der Waals surface area (Å²) in [5.41, 5.74) is 7.72. The standard InChI is InChI=1S/C22H18F2N2O2/c23-18-8-4-7-17(20(18)24)22(28)26-19(21(25)27)13-14-9-11-16(12-10-14)15-5-2-1-3-6-15/h1-12,19H,13H2,(H2,25,27)(H,26,28)/t19-/m0/s1. The summed E-state index contributed by atoms with van der Waals surface area (Å²) < 4.78 is 27.1. The fraction of sp³-hybridized carbons (Fsp3) is 0.0909. The van der Waals surface area contributed by atoms with E-state index in [2.05, 4.69) is 5.32 Å². The second-order valence-corrected chi connectivity index (χ2v) is 6.30. The lowest BCUT2D eigenvalue weighted by Crippen LogP contribution is -2.46. The van der Waals surface area contributed by atoms with Crippen LogP contribution in [0.1, 0.15) is 15.9 Å². The van der Waals surface area contributed by atoms with Crippen molar-refractivity contribution in [1.29, 1.82) is 0 Å². The van der Waals surface area contributed by atoms with Crippen molar-refractivity contribution in [3.8, 4) is 11.1 Å². The average molecular weight is 380 g/mol. The Hall–Kier alpha value is -3.54. The lowest BCUT2D eigenvalue weighted by atomic mass is 10.00. The fourth-order valence-electron chi connectivity index (χ4n) is 2.84. The zero-order chi connectivity index (χ0) is 20.1. The van der Waals surface area contributed by atoms with Gasteiger partial charge in [0.15, 0.2) is 11.6 Å². The van der Waals surface area contributed by atoms with E-state index in [4.69, 9.17) is 5.73 Å². The minimum atomic E-state index is -1.27. The van der Waals surface area contributed by atoms with Crippen molar-refractivity contribution in [2.24, 2.45) is 5.73 Å². The van der Waals surface area contributed by atoms with Crippen LogP contribution in [0.2, 0.25) is 0 Å². The van der Waals surface area contributed by atoms with E-state index in [0.29, 0.717) is 0 Å². The summed E-state index contributed by atoms with van der Waals surface area (Å²) in [4.78, 5) is 24.0. The van der Waals surface area contributed by atoms with Gasteiger partial charge < -0.3 is 11.1 Å². The summed E-state index contributed by atoms with van der Waals surface area (Å²) in [5, 5.41) is 2.38. The molecule has 0 bridgehead atoms. The lowest BCUT2D eigenvalue weighted by molar-refractivity contribution is -0.119. The Morgan fingerprint density at radius 1 is 0.857 bits per heavy atom. The van der Waals surface area contributed by atoms with E-state index in [1.807, 2.05) is 54.6 Å². The van der Waals surface area contributed by atoms with Gasteiger partial charge in [-0.25, -0.2) is 8.78 Å². The Bertz CT molecular complexity index is 989. The van der Waals surface area contributed by atoms with Crippen molar-refractivity contribution < 1.29 is 18.4 Å². The van der Waals surface area contributed by atoms with Crippen LogP contribution in [-0.2, 0) is 11.2 Å². The molecule has 0 fully saturated rings. The summed E-state index contributed by atoms with van der Waals surface area (Å²) in [6, 6.07) is 19.4. The first kappa shape index (κ1) is 19.2. The minimum absolute atomic E-state index is 0.132. The third-order valence-corrected chi connectivity index (χ3v) is 4.35. The fourth-order valence-corrected chi connectivity index (χ4v) is 2.84. The molecule has 0 saturated carbocycles. The van der Waals surface area contributed by atoms with Crippen LogP contribution in [0.5, 0.6) is 0 Å². The van der Waals surface area contributed by atoms with E-state index in [1.54, 1.807) is 0 Å². The van der Waals surface area contributed by atoms with E-state index < -0.39 is 35.1 Å². The molecule has 0 unspecified atom stereocenters. The highest BCUT2D eigenvalue weighted by Crippen LogP contribution is 2.20. The van der Waals surface area contributed by atoms with Crippen LogP contribution in [0.25, 0.3) is 11.1 Å². The third-order valence-electron chi connectivity index (χ3n) is 4.35. The first-order valence-electron chi connectivity index (χ1n) is 8.64. The molecule has 28 heavy (non-hydrogen) atoms. The Morgan fingerprint density at radius 2 is 1.50 bits per heavy atom. The molecule has 0 aliphatic heterocycles. The third kappa shape index (κ3) is 4.40. The number of primary amides is 1. The molecule has 0 spiro atoms. The number of hydrogen-bond donors (Lipinski definition) is 2. The number of carbonyl (C=O) groups excluding carboxylic acids is 2. The molecule has 3 aromatic carbocycles. The predicted molar refractivity (Wildman–Crippen MR) is 102 cm³/mol. The molecule has 0 heterocycles. The smallest absolute Gasteiger partial charge is 0.255 e. The molecule has 2 amide bonds. The molecule has 3 N–H and O–H groups in total. The number of halogens is 2. The second kappa shape index (κ2) is 8.43. The average Bonchev–Trinajstić information content (AvgIpc) is 2.70. The number of rotatable bonds is 6. The molecule has 0 aliphatic carbocycles. The molecule has 3 aromatic rings. The maximum Gasteiger partial charge on any atom is 0.255 e. The molecular weight excluding hydrogens is 362 g/mol. The molecule has 0 aromatic heterocycles. The van der Waals surface area contributed by atoms with Gasteiger partial charge in [-0.3, -0.25) is 9.59 Å². The van der Waals surface area contributed by atoms with Gasteiger partial charge in [-0.15, -0.1) is 0 Å². The van der Waals surface area contributed by atoms with Crippen LogP contribution in [0.4, 0.5) is 8.78 Å². The van der Waals surface area contributed by atoms with E-state index in [9.17, 15) is 18.4 Å². The number of hydrogen-bond acceptors (Lipinski definition) is 2. The molecule has 142 valence electrons. The van der Waals surface area contributed by atoms with Crippen LogP contribution in [0.15, 0.2) is 72.8 Å². The Labute approximate surface area is 161 Å². The summed E-state index contributed by atoms with van der Waals surface area (Å²) in [6.07, 6.45) is 0.132. The molecule has 0 radical (unpaired) electrons. The van der Waals surface area contributed by atoms with Gasteiger partial charge in [-0.05, 0) is 28.8 Å². The quantitative estimate of drug-likeness (QED) is 0.687. The van der Waals surface area contributed by atoms with Crippen LogP contribution < -0.4 is 11.1 Å². The van der Waals surface area contributed by atoms with Crippen molar-refractivity contribution >= 4 is 11.8 Å². The van der Waals surface area contributed by atoms with Gasteiger partial charge in [0.1, 0.15) is 6.04 Å². The van der Waals surface area contributed by atoms with Gasteiger partial charge in [-0.2, -0.15) is 0 Å². The Morgan fingerprint density at radius 3 is 2.14 bits per heavy atom. The topological polar surface area (TPSA) is 72.2 Å². The number of carbonyl (C=O) groups is 2. The SMILES string of the molecule is NC(=O)[C@H](Cc1ccc(-c2ccccc2)cc1)NC(=O)c1cccc(F)c1F. The normalized spacial score (nSPS) is 11.6. The van der Waals surface area contributed by atoms with E-state index >= 15 is 0 Å². The zero-order valence-corrected chi connectivity index (χ0v) is 14.9. The lowest BCUT2D eigenvalue weighted by Gasteiger charge is -2.16. The largest absolute Gasteiger partial charge is 0.368 e. The maximum atomic E-state index is 13.8. The van der Waals surface area contributed by atoms with Crippen molar-refractivity contribution in [2.45, 2.75) is 12.5 Å². The maximum absolute atomic E-state index is 13.8. The van der Waals surface area contributed by atoms with Gasteiger partial charge in [-0.1, -0.05) is 60.7 Å². The first-order valence-corrected chi connectivity index (χ1v) is 8.64. The predicted octanol–water partition coefficient (Wildman–Crippen LogP) is 3.46. The summed E-state index contributed by atoms with van der Waals surface area (Å²) in [7, 11) is 0. The molecule has 6 heteroatoms. The van der Waals surface area contributed by atoms with Gasteiger partial charge >= 0.3 is 0 Å². The first-order chi connectivity index (χ1) is 13.5. The summed E-state index contributed by atoms with van der Waals surface area (Å²) in [6.45, 7) is 0. The number of nitrogens with two attached hydrogens (primary N) is 1. The van der Waals surface area contributed by atoms with E-state index in [-0.39, 0.29) is 6.42 Å². The minimum Gasteiger partial charge on any atom is -0.368 e. The highest BCUT2D eigenvalue weighted by Gasteiger charge is 2.22. The van der Waals surface area contributed by atoms with Gasteiger partial charge in [0.05, 0.1) is 5.56 Å². The van der Waals surface area contributed by atoms with Crippen LogP contribution in [-0.4, -0.2) is 17.9 Å². The molecule has 0 saturated heterocycles. The van der Waals surface area contributed by atoms with Crippen LogP contribution >= 0.6 is 0 Å². The molecule has 4 nitrogen and oxygen atoms in total. The van der Waals surface area contributed by atoms with Crippen molar-refractivity contribution in [1.82, 2.24) is 5.32 Å². The Balaban J connectivity index is 1.74. The van der Waals surface area contributed by atoms with E-state index in [0.717, 1.165) is 28.8 Å². The van der Waals surface area contributed by atoms with Crippen molar-refractivity contribution in [3.63, 3.8) is 0 Å². The second-order valence-electron chi connectivity index (χ2n) is 6.30. The zero-order valence-electron chi connectivity index (χ0n) is 14.9. The van der Waals surface area contributed by atoms with Gasteiger partial charge in [0.25, 0.3) is 5.91 Å². The van der Waals surface area contributed by atoms with Crippen LogP contribution in [0, 0.1) is 11.6 Å². The van der Waals surface area contributed by atoms with Gasteiger partial charge in [0.2, 0.25) is 5.91 Å². The number of nitrogens with one attached hydrogen (secondary N) is 1. The van der Waals surface area contributed by atoms with Gasteiger partial charge in [0, 0.05) is 6.42 Å². The number of amides is 2. The summed E-state index contributed by atoms with van der Waals surface area (Å²) in [5.74, 6) is -4.07. The monoisotopic (exact) mass is 380 g/mol. The molecular formula is C22H18F2N2O2. The van der Waals surface area contributed by atoms with Crippen LogP contribution in [0.3, 0.4) is 0 Å². The van der Waals surface area contributed by atoms with Crippen molar-refractivity contribution in [3.05, 3.63) is 95.6 Å². The highest BCUT2D eigenvalue weighted by atomic mass is 19.2. The molecule has 3 rings (SSSR count). The highest BCUT2D eigenvalue weighted by molar-refractivity contribution is 5.97. The van der Waals surface area contributed by atoms with Crippen molar-refractivity contribution in [2.75, 3.05) is 0 Å². The molecule has 0 aliphatic rings. The number of benzene rings is 3. The van der Waals surface area contributed by atoms with E-state index in [1.165, 1.54) is 6.07 Å². The Kier molecular flexibility index (Phi) is 5.79. The molecule has 1 atom stereocenters. The summed E-state index contributed by atoms with van der Waals surface area (Å²) >= 11 is 0.